The largest absolute Gasteiger partial charge is 0.342 e. The highest BCUT2D eigenvalue weighted by atomic mass is 32.1. The molecule has 1 atom stereocenters. The average Bonchev–Trinajstić information content (AvgIpc) is 3.06. The van der Waals surface area contributed by atoms with Crippen molar-refractivity contribution in [1.29, 1.82) is 0 Å². The number of hydrogen-bond donors (Lipinski definition) is 1. The summed E-state index contributed by atoms with van der Waals surface area (Å²) < 4.78 is 2.11. The van der Waals surface area contributed by atoms with Gasteiger partial charge in [-0.2, -0.15) is 11.3 Å². The van der Waals surface area contributed by atoms with Crippen molar-refractivity contribution in [2.75, 3.05) is 0 Å². The number of nitrogens with one attached hydrogen (secondary N) is 1. The maximum Gasteiger partial charge on any atom is 0.252 e. The van der Waals surface area contributed by atoms with E-state index >= 15 is 0 Å². The molecule has 2 aromatic rings. The predicted octanol–water partition coefficient (Wildman–Crippen LogP) is 1.78. The summed E-state index contributed by atoms with van der Waals surface area (Å²) in [6, 6.07) is 1.71. The number of carbonyl (C=O) groups is 1. The molecule has 18 heavy (non-hydrogen) atoms. The topological polar surface area (TPSA) is 59.8 Å². The molecular weight excluding hydrogens is 248 g/mol. The molecule has 1 amide bonds. The van der Waals surface area contributed by atoms with Crippen LogP contribution in [-0.2, 0) is 13.0 Å². The Balaban J connectivity index is 1.75. The van der Waals surface area contributed by atoms with Gasteiger partial charge in [-0.25, -0.2) is 0 Å². The van der Waals surface area contributed by atoms with E-state index in [1.807, 2.05) is 23.8 Å². The molecule has 0 saturated carbocycles. The van der Waals surface area contributed by atoms with Crippen molar-refractivity contribution in [3.05, 3.63) is 34.0 Å². The first-order chi connectivity index (χ1) is 8.75. The molecule has 5 nitrogen and oxygen atoms in total. The van der Waals surface area contributed by atoms with Gasteiger partial charge in [0.2, 0.25) is 0 Å². The maximum absolute atomic E-state index is 11.9. The van der Waals surface area contributed by atoms with Gasteiger partial charge in [-0.15, -0.1) is 10.2 Å². The van der Waals surface area contributed by atoms with Crippen LogP contribution in [0.15, 0.2) is 16.8 Å². The first kappa shape index (κ1) is 11.4. The highest BCUT2D eigenvalue weighted by Crippen LogP contribution is 2.19. The molecule has 0 spiro atoms. The zero-order valence-electron chi connectivity index (χ0n) is 10.1. The first-order valence-corrected chi connectivity index (χ1v) is 6.95. The minimum absolute atomic E-state index is 0.0564. The van der Waals surface area contributed by atoms with Gasteiger partial charge in [-0.1, -0.05) is 0 Å². The predicted molar refractivity (Wildman–Crippen MR) is 68.5 cm³/mol. The minimum atomic E-state index is -0.114. The standard InChI is InChI=1S/C12H14N4OS/c1-8(13-12(17)9-4-6-18-7-9)11-15-14-10-3-2-5-16(10)11/h4,6-8H,2-3,5H2,1H3,(H,13,17)/t8-/m0/s1. The van der Waals surface area contributed by atoms with E-state index in [1.165, 1.54) is 11.3 Å². The van der Waals surface area contributed by atoms with E-state index in [0.717, 1.165) is 31.0 Å². The summed E-state index contributed by atoms with van der Waals surface area (Å²) >= 11 is 1.52. The molecule has 3 rings (SSSR count). The van der Waals surface area contributed by atoms with Crippen molar-refractivity contribution in [2.45, 2.75) is 32.4 Å². The Bertz CT molecular complexity index is 561. The lowest BCUT2D eigenvalue weighted by Gasteiger charge is -2.13. The summed E-state index contributed by atoms with van der Waals surface area (Å²) in [6.45, 7) is 2.90. The molecule has 1 aliphatic heterocycles. The molecule has 0 fully saturated rings. The Morgan fingerprint density at radius 3 is 3.22 bits per heavy atom. The van der Waals surface area contributed by atoms with Gasteiger partial charge >= 0.3 is 0 Å². The lowest BCUT2D eigenvalue weighted by molar-refractivity contribution is 0.0938. The molecule has 3 heterocycles. The van der Waals surface area contributed by atoms with Crippen LogP contribution in [0.1, 0.15) is 41.4 Å². The second-order valence-corrected chi connectivity index (χ2v) is 5.22. The van der Waals surface area contributed by atoms with Crippen LogP contribution in [0.4, 0.5) is 0 Å². The molecule has 1 aliphatic rings. The second-order valence-electron chi connectivity index (χ2n) is 4.44. The van der Waals surface area contributed by atoms with Gasteiger partial charge in [0.15, 0.2) is 5.82 Å². The van der Waals surface area contributed by atoms with E-state index in [4.69, 9.17) is 0 Å². The van der Waals surface area contributed by atoms with E-state index in [0.29, 0.717) is 5.56 Å². The van der Waals surface area contributed by atoms with E-state index in [9.17, 15) is 4.79 Å². The fourth-order valence-corrected chi connectivity index (χ4v) is 2.87. The van der Waals surface area contributed by atoms with Gasteiger partial charge in [0, 0.05) is 18.3 Å². The molecule has 0 radical (unpaired) electrons. The molecule has 0 saturated heterocycles. The van der Waals surface area contributed by atoms with E-state index in [-0.39, 0.29) is 11.9 Å². The van der Waals surface area contributed by atoms with Crippen LogP contribution in [0.3, 0.4) is 0 Å². The molecule has 1 N–H and O–H groups in total. The van der Waals surface area contributed by atoms with Crippen LogP contribution < -0.4 is 5.32 Å². The summed E-state index contributed by atoms with van der Waals surface area (Å²) in [4.78, 5) is 11.9. The van der Waals surface area contributed by atoms with Crippen molar-refractivity contribution in [2.24, 2.45) is 0 Å². The third-order valence-corrected chi connectivity index (χ3v) is 3.84. The number of amides is 1. The van der Waals surface area contributed by atoms with E-state index in [1.54, 1.807) is 0 Å². The molecule has 0 aliphatic carbocycles. The van der Waals surface area contributed by atoms with Gasteiger partial charge in [0.25, 0.3) is 5.91 Å². The lowest BCUT2D eigenvalue weighted by atomic mass is 10.2. The zero-order valence-corrected chi connectivity index (χ0v) is 10.9. The van der Waals surface area contributed by atoms with Gasteiger partial charge < -0.3 is 9.88 Å². The monoisotopic (exact) mass is 262 g/mol. The number of nitrogens with zero attached hydrogens (tertiary/aromatic N) is 3. The average molecular weight is 262 g/mol. The maximum atomic E-state index is 11.9. The molecule has 0 aromatic carbocycles. The number of hydrogen-bond acceptors (Lipinski definition) is 4. The molecule has 0 unspecified atom stereocenters. The van der Waals surface area contributed by atoms with Crippen LogP contribution in [-0.4, -0.2) is 20.7 Å². The number of rotatable bonds is 3. The van der Waals surface area contributed by atoms with Gasteiger partial charge in [-0.05, 0) is 24.8 Å². The van der Waals surface area contributed by atoms with Gasteiger partial charge in [-0.3, -0.25) is 4.79 Å². The number of thiophene rings is 1. The molecule has 0 bridgehead atoms. The number of fused-ring (bicyclic) bond motifs is 1. The number of aromatic nitrogens is 3. The highest BCUT2D eigenvalue weighted by molar-refractivity contribution is 7.08. The van der Waals surface area contributed by atoms with Crippen molar-refractivity contribution >= 4 is 17.2 Å². The fraction of sp³-hybridized carbons (Fsp3) is 0.417. The normalized spacial score (nSPS) is 15.4. The third-order valence-electron chi connectivity index (χ3n) is 3.16. The Labute approximate surface area is 109 Å². The molecule has 2 aromatic heterocycles. The van der Waals surface area contributed by atoms with Crippen LogP contribution in [0.2, 0.25) is 0 Å². The summed E-state index contributed by atoms with van der Waals surface area (Å²) in [5.74, 6) is 1.83. The Hall–Kier alpha value is -1.69. The highest BCUT2D eigenvalue weighted by Gasteiger charge is 2.22. The van der Waals surface area contributed by atoms with Gasteiger partial charge in [0.05, 0.1) is 11.6 Å². The van der Waals surface area contributed by atoms with Crippen LogP contribution in [0.5, 0.6) is 0 Å². The smallest absolute Gasteiger partial charge is 0.252 e. The van der Waals surface area contributed by atoms with E-state index < -0.39 is 0 Å². The van der Waals surface area contributed by atoms with Crippen molar-refractivity contribution < 1.29 is 4.79 Å². The zero-order chi connectivity index (χ0) is 12.5. The Morgan fingerprint density at radius 1 is 1.56 bits per heavy atom. The lowest BCUT2D eigenvalue weighted by Crippen LogP contribution is -2.28. The molecular formula is C12H14N4OS. The van der Waals surface area contributed by atoms with E-state index in [2.05, 4.69) is 20.1 Å². The van der Waals surface area contributed by atoms with Crippen molar-refractivity contribution in [1.82, 2.24) is 20.1 Å². The Kier molecular flexibility index (Phi) is 2.87. The second kappa shape index (κ2) is 4.53. The SMILES string of the molecule is C[C@H](NC(=O)c1ccsc1)c1nnc2n1CCC2. The van der Waals surface area contributed by atoms with Crippen LogP contribution in [0.25, 0.3) is 0 Å². The quantitative estimate of drug-likeness (QED) is 0.917. The molecule has 6 heteroatoms. The number of carbonyl (C=O) groups excluding carboxylic acids is 1. The molecule has 94 valence electrons. The summed E-state index contributed by atoms with van der Waals surface area (Å²) in [6.07, 6.45) is 2.10. The Morgan fingerprint density at radius 2 is 2.44 bits per heavy atom. The van der Waals surface area contributed by atoms with Crippen molar-refractivity contribution in [3.8, 4) is 0 Å². The first-order valence-electron chi connectivity index (χ1n) is 6.01. The summed E-state index contributed by atoms with van der Waals surface area (Å²) in [5.41, 5.74) is 0.702. The minimum Gasteiger partial charge on any atom is -0.342 e. The number of aryl methyl sites for hydroxylation is 1. The van der Waals surface area contributed by atoms with Crippen LogP contribution in [0, 0.1) is 0 Å². The van der Waals surface area contributed by atoms with Crippen molar-refractivity contribution in [3.63, 3.8) is 0 Å². The van der Waals surface area contributed by atoms with Crippen LogP contribution >= 0.6 is 11.3 Å². The summed E-state index contributed by atoms with van der Waals surface area (Å²) in [7, 11) is 0. The third kappa shape index (κ3) is 1.92. The van der Waals surface area contributed by atoms with Gasteiger partial charge in [0.1, 0.15) is 5.82 Å². The fourth-order valence-electron chi connectivity index (χ4n) is 2.23. The summed E-state index contributed by atoms with van der Waals surface area (Å²) in [5, 5.41) is 15.0.